The Kier molecular flexibility index (Phi) is 4.02. The summed E-state index contributed by atoms with van der Waals surface area (Å²) in [6.45, 7) is 1.60. The minimum Gasteiger partial charge on any atom is -0.267 e. The van der Waals surface area contributed by atoms with Gasteiger partial charge in [-0.1, -0.05) is 36.4 Å². The molecular formula is C17H17N3O3S. The summed E-state index contributed by atoms with van der Waals surface area (Å²) < 4.78 is 30.5. The second-order valence-corrected chi connectivity index (χ2v) is 7.05. The van der Waals surface area contributed by atoms with Crippen LogP contribution < -0.4 is 10.3 Å². The highest BCUT2D eigenvalue weighted by atomic mass is 32.2. The largest absolute Gasteiger partial charge is 0.276 e. The van der Waals surface area contributed by atoms with Gasteiger partial charge in [-0.15, -0.1) is 0 Å². The molecule has 6 nitrogen and oxygen atoms in total. The molecule has 0 unspecified atom stereocenters. The van der Waals surface area contributed by atoms with Crippen molar-refractivity contribution in [3.05, 3.63) is 76.6 Å². The van der Waals surface area contributed by atoms with Crippen molar-refractivity contribution in [3.8, 4) is 5.69 Å². The van der Waals surface area contributed by atoms with Crippen LogP contribution in [0.5, 0.6) is 0 Å². The molecule has 1 N–H and O–H groups in total. The lowest BCUT2D eigenvalue weighted by Crippen LogP contribution is -2.20. The SMILES string of the molecule is Cc1c(NS(=O)(=O)c2ccccc2)n(C)n(-c2ccccc2)c1=O. The lowest BCUT2D eigenvalue weighted by atomic mass is 10.3. The van der Waals surface area contributed by atoms with Gasteiger partial charge in [0.25, 0.3) is 15.6 Å². The number of nitrogens with zero attached hydrogens (tertiary/aromatic N) is 2. The average molecular weight is 343 g/mol. The van der Waals surface area contributed by atoms with E-state index in [1.807, 2.05) is 18.2 Å². The predicted molar refractivity (Wildman–Crippen MR) is 93.0 cm³/mol. The number of benzene rings is 2. The molecular weight excluding hydrogens is 326 g/mol. The molecule has 0 saturated heterocycles. The average Bonchev–Trinajstić information content (AvgIpc) is 2.80. The zero-order chi connectivity index (χ0) is 17.3. The fourth-order valence-corrected chi connectivity index (χ4v) is 3.70. The van der Waals surface area contributed by atoms with Gasteiger partial charge in [0, 0.05) is 7.05 Å². The molecule has 2 aromatic carbocycles. The Hall–Kier alpha value is -2.80. The van der Waals surface area contributed by atoms with E-state index in [1.165, 1.54) is 21.5 Å². The molecule has 0 amide bonds. The number of sulfonamides is 1. The lowest BCUT2D eigenvalue weighted by molar-refractivity contribution is 0.598. The normalized spacial score (nSPS) is 11.4. The van der Waals surface area contributed by atoms with E-state index >= 15 is 0 Å². The molecule has 0 aliphatic heterocycles. The first-order chi connectivity index (χ1) is 11.4. The van der Waals surface area contributed by atoms with Gasteiger partial charge >= 0.3 is 0 Å². The van der Waals surface area contributed by atoms with E-state index in [4.69, 9.17) is 0 Å². The number of para-hydroxylation sites is 1. The highest BCUT2D eigenvalue weighted by molar-refractivity contribution is 7.92. The van der Waals surface area contributed by atoms with Gasteiger partial charge in [0.05, 0.1) is 16.1 Å². The van der Waals surface area contributed by atoms with E-state index in [0.717, 1.165) is 0 Å². The smallest absolute Gasteiger partial charge is 0.267 e. The Bertz CT molecular complexity index is 1020. The Labute approximate surface area is 140 Å². The first kappa shape index (κ1) is 16.1. The highest BCUT2D eigenvalue weighted by Crippen LogP contribution is 2.19. The number of hydrogen-bond acceptors (Lipinski definition) is 3. The van der Waals surface area contributed by atoms with E-state index < -0.39 is 10.0 Å². The zero-order valence-electron chi connectivity index (χ0n) is 13.3. The molecule has 0 spiro atoms. The van der Waals surface area contributed by atoms with Gasteiger partial charge in [0.2, 0.25) is 0 Å². The standard InChI is InChI=1S/C17H17N3O3S/c1-13-16(18-24(22,23)15-11-7-4-8-12-15)19(2)20(17(13)21)14-9-5-3-6-10-14/h3-12,18H,1-2H3. The first-order valence-electron chi connectivity index (χ1n) is 7.34. The minimum atomic E-state index is -3.77. The van der Waals surface area contributed by atoms with Crippen LogP contribution in [0.4, 0.5) is 5.82 Å². The van der Waals surface area contributed by atoms with Gasteiger partial charge in [-0.3, -0.25) is 14.2 Å². The Morgan fingerprint density at radius 2 is 1.46 bits per heavy atom. The van der Waals surface area contributed by atoms with Crippen LogP contribution in [0.25, 0.3) is 5.69 Å². The van der Waals surface area contributed by atoms with Crippen molar-refractivity contribution in [1.29, 1.82) is 0 Å². The summed E-state index contributed by atoms with van der Waals surface area (Å²) in [7, 11) is -2.12. The van der Waals surface area contributed by atoms with Gasteiger partial charge in [-0.25, -0.2) is 13.1 Å². The van der Waals surface area contributed by atoms with E-state index in [9.17, 15) is 13.2 Å². The van der Waals surface area contributed by atoms with Crippen molar-refractivity contribution in [3.63, 3.8) is 0 Å². The number of aromatic nitrogens is 2. The van der Waals surface area contributed by atoms with E-state index in [1.54, 1.807) is 44.3 Å². The van der Waals surface area contributed by atoms with Crippen molar-refractivity contribution in [2.24, 2.45) is 7.05 Å². The Morgan fingerprint density at radius 3 is 2.04 bits per heavy atom. The molecule has 3 rings (SSSR count). The van der Waals surface area contributed by atoms with Crippen molar-refractivity contribution >= 4 is 15.8 Å². The summed E-state index contributed by atoms with van der Waals surface area (Å²) in [5.74, 6) is 0.243. The third-order valence-electron chi connectivity index (χ3n) is 3.78. The van der Waals surface area contributed by atoms with Gasteiger partial charge in [-0.2, -0.15) is 0 Å². The third kappa shape index (κ3) is 2.74. The molecule has 7 heteroatoms. The number of anilines is 1. The first-order valence-corrected chi connectivity index (χ1v) is 8.82. The van der Waals surface area contributed by atoms with Crippen LogP contribution in [0, 0.1) is 6.92 Å². The van der Waals surface area contributed by atoms with Crippen molar-refractivity contribution < 1.29 is 8.42 Å². The second-order valence-electron chi connectivity index (χ2n) is 5.37. The Morgan fingerprint density at radius 1 is 0.917 bits per heavy atom. The van der Waals surface area contributed by atoms with Gasteiger partial charge < -0.3 is 0 Å². The molecule has 0 fully saturated rings. The maximum absolute atomic E-state index is 12.5. The van der Waals surface area contributed by atoms with Gasteiger partial charge in [-0.05, 0) is 31.2 Å². The number of nitrogens with one attached hydrogen (secondary N) is 1. The monoisotopic (exact) mass is 343 g/mol. The van der Waals surface area contributed by atoms with Crippen molar-refractivity contribution in [2.75, 3.05) is 4.72 Å². The Balaban J connectivity index is 2.10. The van der Waals surface area contributed by atoms with Crippen LogP contribution in [0.15, 0.2) is 70.4 Å². The molecule has 0 aliphatic carbocycles. The minimum absolute atomic E-state index is 0.143. The van der Waals surface area contributed by atoms with Crippen LogP contribution in [0.1, 0.15) is 5.56 Å². The number of rotatable bonds is 4. The maximum atomic E-state index is 12.5. The summed E-state index contributed by atoms with van der Waals surface area (Å²) in [5.41, 5.74) is 0.730. The van der Waals surface area contributed by atoms with Gasteiger partial charge in [0.15, 0.2) is 0 Å². The van der Waals surface area contributed by atoms with E-state index in [0.29, 0.717) is 11.3 Å². The van der Waals surface area contributed by atoms with Crippen LogP contribution in [0.3, 0.4) is 0 Å². The molecule has 0 bridgehead atoms. The van der Waals surface area contributed by atoms with Crippen LogP contribution in [0.2, 0.25) is 0 Å². The molecule has 1 aromatic heterocycles. The molecule has 0 aliphatic rings. The fourth-order valence-electron chi connectivity index (χ4n) is 2.53. The molecule has 0 atom stereocenters. The molecule has 1 heterocycles. The van der Waals surface area contributed by atoms with Crippen LogP contribution >= 0.6 is 0 Å². The summed E-state index contributed by atoms with van der Waals surface area (Å²) in [4.78, 5) is 12.7. The fraction of sp³-hybridized carbons (Fsp3) is 0.118. The summed E-state index contributed by atoms with van der Waals surface area (Å²) >= 11 is 0. The van der Waals surface area contributed by atoms with Crippen molar-refractivity contribution in [1.82, 2.24) is 9.36 Å². The molecule has 24 heavy (non-hydrogen) atoms. The van der Waals surface area contributed by atoms with Crippen molar-refractivity contribution in [2.45, 2.75) is 11.8 Å². The molecule has 0 saturated carbocycles. The zero-order valence-corrected chi connectivity index (χ0v) is 14.1. The second kappa shape index (κ2) is 6.01. The van der Waals surface area contributed by atoms with E-state index in [-0.39, 0.29) is 16.3 Å². The van der Waals surface area contributed by atoms with Crippen LogP contribution in [-0.4, -0.2) is 17.8 Å². The quantitative estimate of drug-likeness (QED) is 0.790. The number of hydrogen-bond donors (Lipinski definition) is 1. The lowest BCUT2D eigenvalue weighted by Gasteiger charge is -2.12. The summed E-state index contributed by atoms with van der Waals surface area (Å²) in [5, 5.41) is 0. The molecule has 0 radical (unpaired) electrons. The molecule has 3 aromatic rings. The summed E-state index contributed by atoms with van der Waals surface area (Å²) in [6, 6.07) is 17.1. The van der Waals surface area contributed by atoms with E-state index in [2.05, 4.69) is 4.72 Å². The molecule has 124 valence electrons. The highest BCUT2D eigenvalue weighted by Gasteiger charge is 2.21. The third-order valence-corrected chi connectivity index (χ3v) is 5.13. The maximum Gasteiger partial charge on any atom is 0.276 e. The van der Waals surface area contributed by atoms with Crippen LogP contribution in [-0.2, 0) is 17.1 Å². The summed E-state index contributed by atoms with van der Waals surface area (Å²) in [6.07, 6.45) is 0. The van der Waals surface area contributed by atoms with Gasteiger partial charge in [0.1, 0.15) is 5.82 Å². The predicted octanol–water partition coefficient (Wildman–Crippen LogP) is 2.29. The topological polar surface area (TPSA) is 73.1 Å².